The average molecular weight is 413 g/mol. The van der Waals surface area contributed by atoms with E-state index in [4.69, 9.17) is 30.9 Å². The molecule has 1 aliphatic heterocycles. The Balaban J connectivity index is 2.52. The second kappa shape index (κ2) is 9.32. The molecule has 0 fully saturated rings. The van der Waals surface area contributed by atoms with Gasteiger partial charge in [0.2, 0.25) is 0 Å². The molecule has 1 aromatic carbocycles. The maximum atomic E-state index is 12.4. The van der Waals surface area contributed by atoms with Gasteiger partial charge in [-0.2, -0.15) is 0 Å². The van der Waals surface area contributed by atoms with Crippen LogP contribution in [0, 0.1) is 0 Å². The summed E-state index contributed by atoms with van der Waals surface area (Å²) in [5.41, 5.74) is 0.919. The first kappa shape index (κ1) is 21.4. The van der Waals surface area contributed by atoms with Crippen molar-refractivity contribution in [3.05, 3.63) is 34.0 Å². The van der Waals surface area contributed by atoms with Gasteiger partial charge in [-0.3, -0.25) is 0 Å². The van der Waals surface area contributed by atoms with Gasteiger partial charge in [0.05, 0.1) is 29.9 Å². The number of amides is 2. The molecule has 0 saturated heterocycles. The summed E-state index contributed by atoms with van der Waals surface area (Å²) in [5.74, 6) is -1.39. The van der Waals surface area contributed by atoms with Crippen LogP contribution in [0.3, 0.4) is 0 Å². The summed E-state index contributed by atoms with van der Waals surface area (Å²) in [7, 11) is 0. The molecule has 0 spiro atoms. The molecule has 9 nitrogen and oxygen atoms in total. The number of carbonyl (C=O) groups is 3. The predicted octanol–water partition coefficient (Wildman–Crippen LogP) is 2.39. The minimum atomic E-state index is -1.16. The van der Waals surface area contributed by atoms with Crippen LogP contribution in [0.15, 0.2) is 23.4 Å². The first-order valence-corrected chi connectivity index (χ1v) is 8.92. The Morgan fingerprint density at radius 2 is 1.86 bits per heavy atom. The van der Waals surface area contributed by atoms with Crippen molar-refractivity contribution in [1.29, 1.82) is 0 Å². The molecule has 1 heterocycles. The van der Waals surface area contributed by atoms with Gasteiger partial charge in [-0.1, -0.05) is 11.6 Å². The van der Waals surface area contributed by atoms with Gasteiger partial charge < -0.3 is 30.0 Å². The van der Waals surface area contributed by atoms with Crippen LogP contribution in [0.1, 0.15) is 32.4 Å². The summed E-state index contributed by atoms with van der Waals surface area (Å²) in [6.07, 6.45) is 0. The van der Waals surface area contributed by atoms with E-state index in [-0.39, 0.29) is 35.3 Å². The first-order chi connectivity index (χ1) is 13.3. The van der Waals surface area contributed by atoms with Crippen molar-refractivity contribution in [3.63, 3.8) is 0 Å². The molecule has 152 valence electrons. The predicted molar refractivity (Wildman–Crippen MR) is 99.5 cm³/mol. The number of hydrogen-bond donors (Lipinski definition) is 3. The number of carboxylic acid groups (broad SMARTS) is 1. The summed E-state index contributed by atoms with van der Waals surface area (Å²) in [6, 6.07) is 1.51. The van der Waals surface area contributed by atoms with E-state index in [2.05, 4.69) is 10.6 Å². The number of esters is 1. The largest absolute Gasteiger partial charge is 0.490 e. The van der Waals surface area contributed by atoms with Crippen molar-refractivity contribution in [2.75, 3.05) is 19.8 Å². The lowest BCUT2D eigenvalue weighted by atomic mass is 9.95. The molecule has 0 aliphatic carbocycles. The number of benzene rings is 1. The van der Waals surface area contributed by atoms with Crippen LogP contribution in [-0.4, -0.2) is 42.9 Å². The zero-order valence-electron chi connectivity index (χ0n) is 15.6. The Hall–Kier alpha value is -2.94. The highest BCUT2D eigenvalue weighted by molar-refractivity contribution is 6.31. The third-order valence-corrected chi connectivity index (χ3v) is 4.12. The van der Waals surface area contributed by atoms with Crippen molar-refractivity contribution >= 4 is 29.6 Å². The van der Waals surface area contributed by atoms with Crippen LogP contribution >= 0.6 is 11.6 Å². The van der Waals surface area contributed by atoms with E-state index in [1.54, 1.807) is 20.8 Å². The summed E-state index contributed by atoms with van der Waals surface area (Å²) in [6.45, 7) is 4.87. The summed E-state index contributed by atoms with van der Waals surface area (Å²) in [5, 5.41) is 14.2. The van der Waals surface area contributed by atoms with Crippen molar-refractivity contribution in [2.24, 2.45) is 0 Å². The molecule has 2 rings (SSSR count). The molecule has 1 atom stereocenters. The number of allylic oxidation sites excluding steroid dienone is 1. The molecule has 10 heteroatoms. The lowest BCUT2D eigenvalue weighted by molar-refractivity contribution is -0.140. The molecule has 0 saturated carbocycles. The summed E-state index contributed by atoms with van der Waals surface area (Å²) in [4.78, 5) is 35.2. The molecule has 1 aromatic rings. The molecule has 28 heavy (non-hydrogen) atoms. The highest BCUT2D eigenvalue weighted by Crippen LogP contribution is 2.39. The van der Waals surface area contributed by atoms with Crippen molar-refractivity contribution in [2.45, 2.75) is 26.8 Å². The lowest BCUT2D eigenvalue weighted by Gasteiger charge is -2.29. The van der Waals surface area contributed by atoms with Crippen molar-refractivity contribution < 1.29 is 33.7 Å². The second-order valence-electron chi connectivity index (χ2n) is 5.73. The van der Waals surface area contributed by atoms with E-state index in [1.165, 1.54) is 12.1 Å². The van der Waals surface area contributed by atoms with Crippen LogP contribution in [0.25, 0.3) is 0 Å². The van der Waals surface area contributed by atoms with E-state index in [9.17, 15) is 14.4 Å². The maximum Gasteiger partial charge on any atom is 0.341 e. The van der Waals surface area contributed by atoms with Gasteiger partial charge in [0.25, 0.3) is 0 Å². The molecule has 1 aliphatic rings. The van der Waals surface area contributed by atoms with Crippen LogP contribution in [0.4, 0.5) is 4.79 Å². The molecular weight excluding hydrogens is 392 g/mol. The van der Waals surface area contributed by atoms with E-state index in [0.717, 1.165) is 0 Å². The number of hydrogen-bond acceptors (Lipinski definition) is 6. The Kier molecular flexibility index (Phi) is 7.11. The zero-order valence-corrected chi connectivity index (χ0v) is 16.4. The number of halogens is 1. The van der Waals surface area contributed by atoms with Crippen LogP contribution in [-0.2, 0) is 14.3 Å². The molecule has 0 aromatic heterocycles. The third-order valence-electron chi connectivity index (χ3n) is 3.79. The van der Waals surface area contributed by atoms with E-state index in [1.807, 2.05) is 0 Å². The fraction of sp³-hybridized carbons (Fsp3) is 0.389. The number of aliphatic carboxylic acids is 1. The SMILES string of the molecule is CCOC(=O)C1=C(C)NC(=O)N[C@@H]1c1cc(OCC)c(OCC(=O)O)cc1Cl. The molecule has 0 radical (unpaired) electrons. The van der Waals surface area contributed by atoms with Gasteiger partial charge in [-0.25, -0.2) is 14.4 Å². The molecule has 2 amide bonds. The highest BCUT2D eigenvalue weighted by Gasteiger charge is 2.34. The van der Waals surface area contributed by atoms with E-state index >= 15 is 0 Å². The molecule has 0 unspecified atom stereocenters. The minimum Gasteiger partial charge on any atom is -0.490 e. The zero-order chi connectivity index (χ0) is 20.8. The quantitative estimate of drug-likeness (QED) is 0.560. The fourth-order valence-corrected chi connectivity index (χ4v) is 2.96. The van der Waals surface area contributed by atoms with E-state index in [0.29, 0.717) is 11.3 Å². The Morgan fingerprint density at radius 1 is 1.18 bits per heavy atom. The van der Waals surface area contributed by atoms with E-state index < -0.39 is 30.6 Å². The van der Waals surface area contributed by atoms with Gasteiger partial charge in [-0.15, -0.1) is 0 Å². The smallest absolute Gasteiger partial charge is 0.341 e. The normalized spacial score (nSPS) is 16.1. The summed E-state index contributed by atoms with van der Waals surface area (Å²) >= 11 is 6.36. The van der Waals surface area contributed by atoms with Crippen molar-refractivity contribution in [3.8, 4) is 11.5 Å². The summed E-state index contributed by atoms with van der Waals surface area (Å²) < 4.78 is 15.8. The van der Waals surface area contributed by atoms with Crippen molar-refractivity contribution in [1.82, 2.24) is 10.6 Å². The monoisotopic (exact) mass is 412 g/mol. The van der Waals surface area contributed by atoms with Crippen LogP contribution in [0.2, 0.25) is 5.02 Å². The molecule has 0 bridgehead atoms. The standard InChI is InChI=1S/C18H21ClN2O7/c1-4-26-12-6-10(11(19)7-13(12)28-8-14(22)23)16-15(17(24)27-5-2)9(3)20-18(25)21-16/h6-7,16H,4-5,8H2,1-3H3,(H,22,23)(H2,20,21,25)/t16-/m1/s1. The molecule has 3 N–H and O–H groups in total. The van der Waals surface area contributed by atoms with Gasteiger partial charge in [0.15, 0.2) is 18.1 Å². The van der Waals surface area contributed by atoms with Gasteiger partial charge in [0.1, 0.15) is 0 Å². The third kappa shape index (κ3) is 4.86. The average Bonchev–Trinajstić information content (AvgIpc) is 2.61. The molecular formula is C18H21ClN2O7. The Labute approximate surface area is 166 Å². The Bertz CT molecular complexity index is 822. The van der Waals surface area contributed by atoms with Crippen LogP contribution < -0.4 is 20.1 Å². The van der Waals surface area contributed by atoms with Gasteiger partial charge in [-0.05, 0) is 26.8 Å². The van der Waals surface area contributed by atoms with Crippen LogP contribution in [0.5, 0.6) is 11.5 Å². The topological polar surface area (TPSA) is 123 Å². The number of nitrogens with one attached hydrogen (secondary N) is 2. The lowest BCUT2D eigenvalue weighted by Crippen LogP contribution is -2.45. The minimum absolute atomic E-state index is 0.136. The fourth-order valence-electron chi connectivity index (χ4n) is 2.70. The number of carbonyl (C=O) groups excluding carboxylic acids is 2. The van der Waals surface area contributed by atoms with Gasteiger partial charge >= 0.3 is 18.0 Å². The number of urea groups is 1. The second-order valence-corrected chi connectivity index (χ2v) is 6.13. The number of ether oxygens (including phenoxy) is 3. The number of carboxylic acids is 1. The maximum absolute atomic E-state index is 12.4. The highest BCUT2D eigenvalue weighted by atomic mass is 35.5. The van der Waals surface area contributed by atoms with Gasteiger partial charge in [0, 0.05) is 17.3 Å². The first-order valence-electron chi connectivity index (χ1n) is 8.54. The Morgan fingerprint density at radius 3 is 2.46 bits per heavy atom. The number of rotatable bonds is 8.